The largest absolute Gasteiger partial charge is 0.472 e. The van der Waals surface area contributed by atoms with E-state index in [1.165, 1.54) is 24.8 Å². The van der Waals surface area contributed by atoms with Crippen molar-refractivity contribution in [3.63, 3.8) is 0 Å². The molecule has 0 spiro atoms. The van der Waals surface area contributed by atoms with E-state index in [0.29, 0.717) is 6.04 Å². The fourth-order valence-corrected chi connectivity index (χ4v) is 2.00. The third-order valence-corrected chi connectivity index (χ3v) is 2.80. The van der Waals surface area contributed by atoms with Gasteiger partial charge in [-0.05, 0) is 49.8 Å². The molecule has 92 valence electrons. The monoisotopic (exact) mass is 223 g/mol. The number of aryl methyl sites for hydroxylation is 1. The molecule has 1 atom stereocenters. The highest BCUT2D eigenvalue weighted by molar-refractivity contribution is 5.05. The number of nitrogens with one attached hydrogen (secondary N) is 1. The number of hydrogen-bond acceptors (Lipinski definition) is 2. The van der Waals surface area contributed by atoms with E-state index < -0.39 is 0 Å². The minimum atomic E-state index is 0.648. The third-order valence-electron chi connectivity index (χ3n) is 2.80. The van der Waals surface area contributed by atoms with Crippen LogP contribution in [0.4, 0.5) is 0 Å². The summed E-state index contributed by atoms with van der Waals surface area (Å²) in [6.07, 6.45) is 8.40. The molecule has 2 nitrogen and oxygen atoms in total. The molecule has 0 amide bonds. The fourth-order valence-electron chi connectivity index (χ4n) is 2.00. The molecule has 0 saturated heterocycles. The Morgan fingerprint density at radius 3 is 2.75 bits per heavy atom. The SMILES string of the molecule is CCCNC(CCc1ccoc1)CC(C)C. The zero-order valence-corrected chi connectivity index (χ0v) is 10.8. The predicted molar refractivity (Wildman–Crippen MR) is 68.6 cm³/mol. The second kappa shape index (κ2) is 7.50. The summed E-state index contributed by atoms with van der Waals surface area (Å²) in [4.78, 5) is 0. The van der Waals surface area contributed by atoms with Gasteiger partial charge in [-0.15, -0.1) is 0 Å². The van der Waals surface area contributed by atoms with Crippen LogP contribution in [-0.2, 0) is 6.42 Å². The zero-order valence-electron chi connectivity index (χ0n) is 10.8. The van der Waals surface area contributed by atoms with E-state index in [2.05, 4.69) is 32.2 Å². The first kappa shape index (κ1) is 13.3. The second-order valence-electron chi connectivity index (χ2n) is 4.95. The van der Waals surface area contributed by atoms with Crippen molar-refractivity contribution in [3.8, 4) is 0 Å². The Bertz CT molecular complexity index is 254. The summed E-state index contributed by atoms with van der Waals surface area (Å²) < 4.78 is 5.09. The van der Waals surface area contributed by atoms with Gasteiger partial charge in [0.15, 0.2) is 0 Å². The lowest BCUT2D eigenvalue weighted by Crippen LogP contribution is -2.31. The standard InChI is InChI=1S/C14H25NO/c1-4-8-15-14(10-12(2)3)6-5-13-7-9-16-11-13/h7,9,11-12,14-15H,4-6,8,10H2,1-3H3. The smallest absolute Gasteiger partial charge is 0.0934 e. The molecule has 16 heavy (non-hydrogen) atoms. The Kier molecular flexibility index (Phi) is 6.24. The molecule has 0 radical (unpaired) electrons. The van der Waals surface area contributed by atoms with E-state index in [0.717, 1.165) is 18.9 Å². The minimum Gasteiger partial charge on any atom is -0.472 e. The van der Waals surface area contributed by atoms with E-state index in [1.54, 1.807) is 6.26 Å². The summed E-state index contributed by atoms with van der Waals surface area (Å²) >= 11 is 0. The molecule has 0 aliphatic rings. The van der Waals surface area contributed by atoms with Crippen LogP contribution in [0.25, 0.3) is 0 Å². The van der Waals surface area contributed by atoms with Gasteiger partial charge in [-0.3, -0.25) is 0 Å². The van der Waals surface area contributed by atoms with Crippen LogP contribution in [0.2, 0.25) is 0 Å². The van der Waals surface area contributed by atoms with Gasteiger partial charge in [-0.2, -0.15) is 0 Å². The number of rotatable bonds is 8. The molecule has 1 aromatic rings. The van der Waals surface area contributed by atoms with Crippen LogP contribution >= 0.6 is 0 Å². The summed E-state index contributed by atoms with van der Waals surface area (Å²) in [6, 6.07) is 2.71. The topological polar surface area (TPSA) is 25.2 Å². The van der Waals surface area contributed by atoms with Crippen LogP contribution in [0.1, 0.15) is 45.6 Å². The summed E-state index contributed by atoms with van der Waals surface area (Å²) in [5, 5.41) is 3.63. The van der Waals surface area contributed by atoms with E-state index in [1.807, 2.05) is 6.26 Å². The Morgan fingerprint density at radius 2 is 2.19 bits per heavy atom. The summed E-state index contributed by atoms with van der Waals surface area (Å²) in [6.45, 7) is 7.93. The molecule has 0 fully saturated rings. The van der Waals surface area contributed by atoms with Gasteiger partial charge in [-0.1, -0.05) is 20.8 Å². The Hall–Kier alpha value is -0.760. The first-order valence-electron chi connectivity index (χ1n) is 6.46. The Morgan fingerprint density at radius 1 is 1.38 bits per heavy atom. The highest BCUT2D eigenvalue weighted by Crippen LogP contribution is 2.12. The average molecular weight is 223 g/mol. The maximum absolute atomic E-state index is 5.09. The van der Waals surface area contributed by atoms with E-state index in [4.69, 9.17) is 4.42 Å². The van der Waals surface area contributed by atoms with Crippen molar-refractivity contribution in [2.24, 2.45) is 5.92 Å². The Labute approximate surface area is 99.4 Å². The van der Waals surface area contributed by atoms with Gasteiger partial charge in [0.05, 0.1) is 12.5 Å². The van der Waals surface area contributed by atoms with Gasteiger partial charge >= 0.3 is 0 Å². The van der Waals surface area contributed by atoms with Crippen molar-refractivity contribution in [1.29, 1.82) is 0 Å². The third kappa shape index (κ3) is 5.36. The zero-order chi connectivity index (χ0) is 11.8. The molecule has 1 heterocycles. The molecule has 0 aromatic carbocycles. The first-order valence-corrected chi connectivity index (χ1v) is 6.46. The lowest BCUT2D eigenvalue weighted by molar-refractivity contribution is 0.398. The summed E-state index contributed by atoms with van der Waals surface area (Å²) in [5.41, 5.74) is 1.31. The molecular weight excluding hydrogens is 198 g/mol. The molecule has 1 aromatic heterocycles. The van der Waals surface area contributed by atoms with Crippen LogP contribution in [0.5, 0.6) is 0 Å². The van der Waals surface area contributed by atoms with Crippen molar-refractivity contribution in [3.05, 3.63) is 24.2 Å². The first-order chi connectivity index (χ1) is 7.72. The van der Waals surface area contributed by atoms with E-state index >= 15 is 0 Å². The lowest BCUT2D eigenvalue weighted by Gasteiger charge is -2.20. The number of hydrogen-bond donors (Lipinski definition) is 1. The maximum atomic E-state index is 5.09. The quantitative estimate of drug-likeness (QED) is 0.728. The van der Waals surface area contributed by atoms with Crippen molar-refractivity contribution >= 4 is 0 Å². The second-order valence-corrected chi connectivity index (χ2v) is 4.95. The number of furan rings is 1. The summed E-state index contributed by atoms with van der Waals surface area (Å²) in [7, 11) is 0. The van der Waals surface area contributed by atoms with Crippen molar-refractivity contribution in [2.45, 2.75) is 52.5 Å². The highest BCUT2D eigenvalue weighted by Gasteiger charge is 2.10. The van der Waals surface area contributed by atoms with Gasteiger partial charge in [0.25, 0.3) is 0 Å². The molecule has 1 rings (SSSR count). The lowest BCUT2D eigenvalue weighted by atomic mass is 9.98. The van der Waals surface area contributed by atoms with Gasteiger partial charge < -0.3 is 9.73 Å². The molecule has 0 aliphatic carbocycles. The maximum Gasteiger partial charge on any atom is 0.0934 e. The van der Waals surface area contributed by atoms with Crippen LogP contribution in [0.15, 0.2) is 23.0 Å². The summed E-state index contributed by atoms with van der Waals surface area (Å²) in [5.74, 6) is 0.763. The van der Waals surface area contributed by atoms with Gasteiger partial charge in [0, 0.05) is 6.04 Å². The molecule has 1 unspecified atom stereocenters. The van der Waals surface area contributed by atoms with Gasteiger partial charge in [0.2, 0.25) is 0 Å². The highest BCUT2D eigenvalue weighted by atomic mass is 16.3. The molecule has 2 heteroatoms. The average Bonchev–Trinajstić information content (AvgIpc) is 2.74. The normalized spacial score (nSPS) is 13.2. The van der Waals surface area contributed by atoms with Crippen LogP contribution in [-0.4, -0.2) is 12.6 Å². The Balaban J connectivity index is 2.31. The predicted octanol–water partition coefficient (Wildman–Crippen LogP) is 3.63. The van der Waals surface area contributed by atoms with Gasteiger partial charge in [0.1, 0.15) is 0 Å². The van der Waals surface area contributed by atoms with Crippen LogP contribution < -0.4 is 5.32 Å². The van der Waals surface area contributed by atoms with Crippen molar-refractivity contribution in [2.75, 3.05) is 6.54 Å². The van der Waals surface area contributed by atoms with E-state index in [9.17, 15) is 0 Å². The van der Waals surface area contributed by atoms with Crippen LogP contribution in [0, 0.1) is 5.92 Å². The van der Waals surface area contributed by atoms with Crippen molar-refractivity contribution in [1.82, 2.24) is 5.32 Å². The fraction of sp³-hybridized carbons (Fsp3) is 0.714. The van der Waals surface area contributed by atoms with E-state index in [-0.39, 0.29) is 0 Å². The molecule has 0 aliphatic heterocycles. The molecule has 0 bridgehead atoms. The molecule has 0 saturated carbocycles. The molecular formula is C14H25NO. The van der Waals surface area contributed by atoms with Crippen molar-refractivity contribution < 1.29 is 4.42 Å². The van der Waals surface area contributed by atoms with Crippen LogP contribution in [0.3, 0.4) is 0 Å². The van der Waals surface area contributed by atoms with Gasteiger partial charge in [-0.25, -0.2) is 0 Å². The minimum absolute atomic E-state index is 0.648. The molecule has 1 N–H and O–H groups in total.